The summed E-state index contributed by atoms with van der Waals surface area (Å²) in [5, 5.41) is 1.30. The molecule has 0 aliphatic heterocycles. The Bertz CT molecular complexity index is 487. The van der Waals surface area contributed by atoms with Crippen molar-refractivity contribution in [1.29, 1.82) is 0 Å². The number of hydrogen-bond acceptors (Lipinski definition) is 1. The first kappa shape index (κ1) is 12.0. The summed E-state index contributed by atoms with van der Waals surface area (Å²) in [5.41, 5.74) is 2.52. The van der Waals surface area contributed by atoms with Crippen molar-refractivity contribution in [3.05, 3.63) is 30.0 Å². The van der Waals surface area contributed by atoms with Crippen molar-refractivity contribution in [2.45, 2.75) is 33.1 Å². The summed E-state index contributed by atoms with van der Waals surface area (Å²) in [6.07, 6.45) is 5.81. The lowest BCUT2D eigenvalue weighted by atomic mass is 9.97. The van der Waals surface area contributed by atoms with E-state index in [0.717, 1.165) is 23.6 Å². The molecule has 1 aromatic carbocycles. The molecule has 0 spiro atoms. The first-order valence-corrected chi connectivity index (χ1v) is 6.39. The maximum absolute atomic E-state index is 5.36. The van der Waals surface area contributed by atoms with Crippen LogP contribution in [0.4, 0.5) is 0 Å². The Balaban J connectivity index is 2.30. The zero-order valence-corrected chi connectivity index (χ0v) is 10.9. The maximum atomic E-state index is 5.36. The number of aromatic nitrogens is 1. The quantitative estimate of drug-likeness (QED) is 0.821. The lowest BCUT2D eigenvalue weighted by Gasteiger charge is -2.09. The van der Waals surface area contributed by atoms with E-state index in [0.29, 0.717) is 0 Å². The molecule has 1 unspecified atom stereocenters. The molecule has 0 saturated carbocycles. The van der Waals surface area contributed by atoms with Gasteiger partial charge in [-0.3, -0.25) is 0 Å². The van der Waals surface area contributed by atoms with Crippen LogP contribution in [0.5, 0.6) is 5.75 Å². The van der Waals surface area contributed by atoms with Gasteiger partial charge >= 0.3 is 0 Å². The average molecular weight is 231 g/mol. The fraction of sp³-hybridized carbons (Fsp3) is 0.467. The fourth-order valence-corrected chi connectivity index (χ4v) is 2.49. The van der Waals surface area contributed by atoms with Crippen LogP contribution in [-0.2, 0) is 6.42 Å². The van der Waals surface area contributed by atoms with Gasteiger partial charge in [0.25, 0.3) is 0 Å². The molecule has 1 heterocycles. The van der Waals surface area contributed by atoms with Gasteiger partial charge < -0.3 is 9.72 Å². The van der Waals surface area contributed by atoms with Crippen LogP contribution in [0.15, 0.2) is 24.4 Å². The van der Waals surface area contributed by atoms with E-state index in [2.05, 4.69) is 37.2 Å². The molecule has 0 fully saturated rings. The van der Waals surface area contributed by atoms with Crippen LogP contribution in [-0.4, -0.2) is 12.1 Å². The van der Waals surface area contributed by atoms with E-state index in [1.807, 2.05) is 6.07 Å². The van der Waals surface area contributed by atoms with E-state index in [9.17, 15) is 0 Å². The van der Waals surface area contributed by atoms with Gasteiger partial charge in [-0.1, -0.05) is 38.8 Å². The van der Waals surface area contributed by atoms with Crippen molar-refractivity contribution >= 4 is 10.9 Å². The highest BCUT2D eigenvalue weighted by Gasteiger charge is 2.10. The van der Waals surface area contributed by atoms with Gasteiger partial charge in [0.05, 0.1) is 12.6 Å². The van der Waals surface area contributed by atoms with Crippen LogP contribution in [0.1, 0.15) is 32.3 Å². The Labute approximate surface area is 103 Å². The molecule has 2 aromatic rings. The van der Waals surface area contributed by atoms with E-state index in [-0.39, 0.29) is 0 Å². The van der Waals surface area contributed by atoms with Gasteiger partial charge in [0.1, 0.15) is 5.75 Å². The van der Waals surface area contributed by atoms with E-state index in [4.69, 9.17) is 4.74 Å². The summed E-state index contributed by atoms with van der Waals surface area (Å²) in [6, 6.07) is 6.23. The van der Waals surface area contributed by atoms with Crippen LogP contribution in [0.2, 0.25) is 0 Å². The first-order valence-electron chi connectivity index (χ1n) is 6.39. The molecule has 0 aliphatic rings. The second kappa shape index (κ2) is 5.26. The van der Waals surface area contributed by atoms with E-state index < -0.39 is 0 Å². The number of H-pyrrole nitrogens is 1. The summed E-state index contributed by atoms with van der Waals surface area (Å²) in [6.45, 7) is 4.57. The van der Waals surface area contributed by atoms with Crippen molar-refractivity contribution in [3.63, 3.8) is 0 Å². The Morgan fingerprint density at radius 3 is 2.88 bits per heavy atom. The van der Waals surface area contributed by atoms with Gasteiger partial charge in [-0.25, -0.2) is 0 Å². The molecule has 2 rings (SSSR count). The van der Waals surface area contributed by atoms with Gasteiger partial charge in [0, 0.05) is 11.6 Å². The zero-order valence-electron chi connectivity index (χ0n) is 10.9. The number of methoxy groups -OCH3 is 1. The summed E-state index contributed by atoms with van der Waals surface area (Å²) in [4.78, 5) is 3.33. The molecule has 0 aliphatic carbocycles. The normalized spacial score (nSPS) is 12.9. The number of hydrogen-bond donors (Lipinski definition) is 1. The smallest absolute Gasteiger partial charge is 0.142 e. The van der Waals surface area contributed by atoms with Crippen molar-refractivity contribution in [1.82, 2.24) is 4.98 Å². The van der Waals surface area contributed by atoms with Crippen LogP contribution < -0.4 is 4.74 Å². The molecule has 2 heteroatoms. The monoisotopic (exact) mass is 231 g/mol. The molecular weight excluding hydrogens is 210 g/mol. The number of aromatic amines is 1. The zero-order chi connectivity index (χ0) is 12.3. The van der Waals surface area contributed by atoms with E-state index >= 15 is 0 Å². The molecule has 2 nitrogen and oxygen atoms in total. The average Bonchev–Trinajstić information content (AvgIpc) is 2.73. The Kier molecular flexibility index (Phi) is 3.72. The Morgan fingerprint density at radius 1 is 1.35 bits per heavy atom. The van der Waals surface area contributed by atoms with Crippen LogP contribution in [0.3, 0.4) is 0 Å². The van der Waals surface area contributed by atoms with Gasteiger partial charge in [-0.05, 0) is 24.0 Å². The minimum atomic E-state index is 0.741. The van der Waals surface area contributed by atoms with Crippen LogP contribution >= 0.6 is 0 Å². The first-order chi connectivity index (χ1) is 8.26. The van der Waals surface area contributed by atoms with Gasteiger partial charge in [0.2, 0.25) is 0 Å². The van der Waals surface area contributed by atoms with Gasteiger partial charge in [-0.2, -0.15) is 0 Å². The van der Waals surface area contributed by atoms with Crippen molar-refractivity contribution in [2.24, 2.45) is 5.92 Å². The molecule has 0 amide bonds. The maximum Gasteiger partial charge on any atom is 0.142 e. The highest BCUT2D eigenvalue weighted by atomic mass is 16.5. The number of para-hydroxylation sites is 1. The standard InChI is InChI=1S/C15H21NO/c1-4-6-11(2)9-12-10-16-15-13(12)7-5-8-14(15)17-3/h5,7-8,10-11,16H,4,6,9H2,1-3H3. The number of fused-ring (bicyclic) bond motifs is 1. The van der Waals surface area contributed by atoms with Crippen LogP contribution in [0.25, 0.3) is 10.9 Å². The minimum absolute atomic E-state index is 0.741. The van der Waals surface area contributed by atoms with Gasteiger partial charge in [0.15, 0.2) is 0 Å². The molecule has 17 heavy (non-hydrogen) atoms. The summed E-state index contributed by atoms with van der Waals surface area (Å²) in [7, 11) is 1.72. The number of benzene rings is 1. The molecule has 0 saturated heterocycles. The molecule has 0 radical (unpaired) electrons. The summed E-state index contributed by atoms with van der Waals surface area (Å²) in [5.74, 6) is 1.67. The lowest BCUT2D eigenvalue weighted by Crippen LogP contribution is -1.98. The molecule has 1 atom stereocenters. The Morgan fingerprint density at radius 2 is 2.18 bits per heavy atom. The number of nitrogens with one attached hydrogen (secondary N) is 1. The number of ether oxygens (including phenoxy) is 1. The highest BCUT2D eigenvalue weighted by Crippen LogP contribution is 2.28. The fourth-order valence-electron chi connectivity index (χ4n) is 2.49. The number of rotatable bonds is 5. The third-order valence-electron chi connectivity index (χ3n) is 3.33. The van der Waals surface area contributed by atoms with E-state index in [1.54, 1.807) is 7.11 Å². The van der Waals surface area contributed by atoms with Crippen molar-refractivity contribution < 1.29 is 4.74 Å². The largest absolute Gasteiger partial charge is 0.495 e. The van der Waals surface area contributed by atoms with Crippen LogP contribution in [0, 0.1) is 5.92 Å². The predicted molar refractivity (Wildman–Crippen MR) is 72.6 cm³/mol. The molecule has 1 aromatic heterocycles. The van der Waals surface area contributed by atoms with Crippen molar-refractivity contribution in [3.8, 4) is 5.75 Å². The third kappa shape index (κ3) is 2.46. The second-order valence-corrected chi connectivity index (χ2v) is 4.79. The molecular formula is C15H21NO. The summed E-state index contributed by atoms with van der Waals surface area (Å²) >= 11 is 0. The molecule has 1 N–H and O–H groups in total. The van der Waals surface area contributed by atoms with E-state index in [1.165, 1.54) is 23.8 Å². The van der Waals surface area contributed by atoms with Gasteiger partial charge in [-0.15, -0.1) is 0 Å². The third-order valence-corrected chi connectivity index (χ3v) is 3.33. The topological polar surface area (TPSA) is 25.0 Å². The Hall–Kier alpha value is -1.44. The van der Waals surface area contributed by atoms with Crippen molar-refractivity contribution in [2.75, 3.05) is 7.11 Å². The minimum Gasteiger partial charge on any atom is -0.495 e. The predicted octanol–water partition coefficient (Wildman–Crippen LogP) is 4.16. The highest BCUT2D eigenvalue weighted by molar-refractivity contribution is 5.88. The molecule has 0 bridgehead atoms. The lowest BCUT2D eigenvalue weighted by molar-refractivity contribution is 0.419. The second-order valence-electron chi connectivity index (χ2n) is 4.79. The SMILES string of the molecule is CCCC(C)Cc1c[nH]c2c(OC)cccc12. The molecule has 92 valence electrons. The summed E-state index contributed by atoms with van der Waals surface area (Å²) < 4.78 is 5.36.